The maximum atomic E-state index is 13.5. The summed E-state index contributed by atoms with van der Waals surface area (Å²) in [5.41, 5.74) is 3.05. The Morgan fingerprint density at radius 2 is 1.79 bits per heavy atom. The lowest BCUT2D eigenvalue weighted by Gasteiger charge is -2.26. The van der Waals surface area contributed by atoms with E-state index in [1.807, 2.05) is 19.1 Å². The van der Waals surface area contributed by atoms with Gasteiger partial charge in [-0.1, -0.05) is 41.4 Å². The highest BCUT2D eigenvalue weighted by atomic mass is 35.5. The summed E-state index contributed by atoms with van der Waals surface area (Å²) in [6.45, 7) is 1.92. The molecule has 8 heteroatoms. The predicted molar refractivity (Wildman–Crippen MR) is 103 cm³/mol. The van der Waals surface area contributed by atoms with E-state index >= 15 is 0 Å². The van der Waals surface area contributed by atoms with E-state index in [4.69, 9.17) is 16.3 Å². The van der Waals surface area contributed by atoms with Crippen LogP contribution in [0.25, 0.3) is 0 Å². The number of nitrogens with one attached hydrogen (secondary N) is 1. The molecule has 7 nitrogen and oxygen atoms in total. The number of benzene rings is 2. The summed E-state index contributed by atoms with van der Waals surface area (Å²) < 4.78 is 4.77. The highest BCUT2D eigenvalue weighted by Gasteiger charge is 2.67. The Morgan fingerprint density at radius 1 is 1.14 bits per heavy atom. The fraction of sp³-hybridized carbons (Fsp3) is 0.200. The van der Waals surface area contributed by atoms with Gasteiger partial charge in [0.2, 0.25) is 5.91 Å². The van der Waals surface area contributed by atoms with Gasteiger partial charge in [0.1, 0.15) is 5.92 Å². The summed E-state index contributed by atoms with van der Waals surface area (Å²) in [5, 5.41) is 4.49. The number of nitrogens with zero attached hydrogens (tertiary/aromatic N) is 2. The van der Waals surface area contributed by atoms with Crippen LogP contribution >= 0.6 is 11.6 Å². The molecule has 0 radical (unpaired) electrons. The molecule has 2 aliphatic heterocycles. The number of hydrogen-bond donors (Lipinski definition) is 1. The highest BCUT2D eigenvalue weighted by Crippen LogP contribution is 2.45. The number of methoxy groups -OCH3 is 1. The third-order valence-corrected chi connectivity index (χ3v) is 5.31. The van der Waals surface area contributed by atoms with Crippen LogP contribution in [-0.4, -0.2) is 30.6 Å². The minimum absolute atomic E-state index is 0.127. The molecule has 1 N–H and O–H groups in total. The van der Waals surface area contributed by atoms with Gasteiger partial charge in [0.15, 0.2) is 11.3 Å². The quantitative estimate of drug-likeness (QED) is 0.633. The zero-order valence-corrected chi connectivity index (χ0v) is 15.9. The number of esters is 1. The Balaban J connectivity index is 1.88. The van der Waals surface area contributed by atoms with E-state index in [0.29, 0.717) is 16.3 Å². The molecule has 2 atom stereocenters. The number of ether oxygens (including phenoxy) is 1. The molecule has 0 aromatic heterocycles. The van der Waals surface area contributed by atoms with Crippen molar-refractivity contribution < 1.29 is 19.1 Å². The smallest absolute Gasteiger partial charge is 0.355 e. The molecular weight excluding hydrogens is 382 g/mol. The number of hydrazone groups is 1. The van der Waals surface area contributed by atoms with Gasteiger partial charge >= 0.3 is 5.97 Å². The average molecular weight is 398 g/mol. The highest BCUT2D eigenvalue weighted by molar-refractivity contribution is 6.47. The van der Waals surface area contributed by atoms with Crippen LogP contribution in [0.5, 0.6) is 0 Å². The van der Waals surface area contributed by atoms with Gasteiger partial charge < -0.3 is 4.74 Å². The maximum absolute atomic E-state index is 13.5. The van der Waals surface area contributed by atoms with Crippen LogP contribution in [0.4, 0.5) is 5.69 Å². The van der Waals surface area contributed by atoms with Crippen molar-refractivity contribution in [3.05, 3.63) is 64.7 Å². The lowest BCUT2D eigenvalue weighted by atomic mass is 9.78. The first-order valence-corrected chi connectivity index (χ1v) is 8.92. The van der Waals surface area contributed by atoms with E-state index in [2.05, 4.69) is 10.5 Å². The van der Waals surface area contributed by atoms with E-state index in [-0.39, 0.29) is 5.71 Å². The molecule has 1 saturated heterocycles. The van der Waals surface area contributed by atoms with Crippen LogP contribution < -0.4 is 10.3 Å². The average Bonchev–Trinajstić information content (AvgIpc) is 3.19. The van der Waals surface area contributed by atoms with Crippen LogP contribution in [-0.2, 0) is 24.7 Å². The standard InChI is InChI=1S/C20H16ClN3O4/c1-11-3-5-12(6-4-11)20-15(16(22-23-20)18(26)28-2)17(25)24(19(20)27)14-9-7-13(21)8-10-14/h3-10,15,23H,1-2H3/t15-,20-/m0/s1. The lowest BCUT2D eigenvalue weighted by molar-refractivity contribution is -0.133. The summed E-state index contributed by atoms with van der Waals surface area (Å²) in [6.07, 6.45) is 0. The molecule has 0 saturated carbocycles. The first kappa shape index (κ1) is 18.2. The van der Waals surface area contributed by atoms with Crippen molar-refractivity contribution in [3.63, 3.8) is 0 Å². The van der Waals surface area contributed by atoms with Gasteiger partial charge in [0.05, 0.1) is 12.8 Å². The van der Waals surface area contributed by atoms with E-state index in [1.165, 1.54) is 7.11 Å². The molecule has 4 rings (SSSR count). The van der Waals surface area contributed by atoms with E-state index in [0.717, 1.165) is 10.5 Å². The number of rotatable bonds is 3. The van der Waals surface area contributed by atoms with Gasteiger partial charge in [-0.2, -0.15) is 5.10 Å². The zero-order valence-electron chi connectivity index (χ0n) is 15.1. The second kappa shape index (κ2) is 6.45. The number of imide groups is 1. The first-order chi connectivity index (χ1) is 13.4. The van der Waals surface area contributed by atoms with Crippen LogP contribution in [0, 0.1) is 12.8 Å². The fourth-order valence-corrected chi connectivity index (χ4v) is 3.76. The monoisotopic (exact) mass is 397 g/mol. The Kier molecular flexibility index (Phi) is 4.19. The minimum Gasteiger partial charge on any atom is -0.464 e. The predicted octanol–water partition coefficient (Wildman–Crippen LogP) is 2.17. The van der Waals surface area contributed by atoms with Gasteiger partial charge in [0.25, 0.3) is 5.91 Å². The molecule has 0 unspecified atom stereocenters. The van der Waals surface area contributed by atoms with Crippen LogP contribution in [0.1, 0.15) is 11.1 Å². The van der Waals surface area contributed by atoms with Gasteiger partial charge in [-0.25, -0.2) is 9.69 Å². The molecule has 2 aromatic rings. The second-order valence-electron chi connectivity index (χ2n) is 6.66. The van der Waals surface area contributed by atoms with Crippen molar-refractivity contribution in [3.8, 4) is 0 Å². The first-order valence-electron chi connectivity index (χ1n) is 8.54. The van der Waals surface area contributed by atoms with Crippen LogP contribution in [0.15, 0.2) is 53.6 Å². The fourth-order valence-electron chi connectivity index (χ4n) is 3.64. The Hall–Kier alpha value is -3.19. The van der Waals surface area contributed by atoms with Gasteiger partial charge in [-0.15, -0.1) is 0 Å². The maximum Gasteiger partial charge on any atom is 0.355 e. The Labute approximate surface area is 165 Å². The lowest BCUT2D eigenvalue weighted by Crippen LogP contribution is -2.48. The van der Waals surface area contributed by atoms with Crippen molar-refractivity contribution >= 4 is 40.8 Å². The third-order valence-electron chi connectivity index (χ3n) is 5.05. The van der Waals surface area contributed by atoms with Crippen molar-refractivity contribution in [2.24, 2.45) is 11.0 Å². The summed E-state index contributed by atoms with van der Waals surface area (Å²) in [6, 6.07) is 13.5. The van der Waals surface area contributed by atoms with E-state index in [9.17, 15) is 14.4 Å². The zero-order chi connectivity index (χ0) is 20.1. The molecule has 142 valence electrons. The topological polar surface area (TPSA) is 88.1 Å². The summed E-state index contributed by atoms with van der Waals surface area (Å²) in [7, 11) is 1.20. The van der Waals surface area contributed by atoms with Crippen molar-refractivity contribution in [2.75, 3.05) is 12.0 Å². The SMILES string of the molecule is COC(=O)C1=NN[C@]2(c3ccc(C)cc3)C(=O)N(c3ccc(Cl)cc3)C(=O)[C@H]12. The summed E-state index contributed by atoms with van der Waals surface area (Å²) >= 11 is 5.93. The largest absolute Gasteiger partial charge is 0.464 e. The number of hydrogen-bond acceptors (Lipinski definition) is 6. The summed E-state index contributed by atoms with van der Waals surface area (Å²) in [4.78, 5) is 40.1. The van der Waals surface area contributed by atoms with Crippen molar-refractivity contribution in [1.29, 1.82) is 0 Å². The second-order valence-corrected chi connectivity index (χ2v) is 7.10. The number of anilines is 1. The molecule has 2 amide bonds. The molecule has 2 heterocycles. The molecule has 2 aliphatic rings. The molecule has 0 spiro atoms. The number of carbonyl (C=O) groups is 3. The summed E-state index contributed by atoms with van der Waals surface area (Å²) in [5.74, 6) is -2.96. The number of halogens is 1. The Bertz CT molecular complexity index is 1020. The van der Waals surface area contributed by atoms with Gasteiger partial charge in [-0.3, -0.25) is 15.0 Å². The molecule has 2 aromatic carbocycles. The van der Waals surface area contributed by atoms with Crippen molar-refractivity contribution in [2.45, 2.75) is 12.5 Å². The third kappa shape index (κ3) is 2.43. The van der Waals surface area contributed by atoms with Crippen molar-refractivity contribution in [1.82, 2.24) is 5.43 Å². The number of fused-ring (bicyclic) bond motifs is 1. The van der Waals surface area contributed by atoms with Gasteiger partial charge in [0, 0.05) is 5.02 Å². The minimum atomic E-state index is -1.51. The Morgan fingerprint density at radius 3 is 2.39 bits per heavy atom. The number of aryl methyl sites for hydroxylation is 1. The van der Waals surface area contributed by atoms with Gasteiger partial charge in [-0.05, 0) is 36.8 Å². The van der Waals surface area contributed by atoms with Crippen LogP contribution in [0.2, 0.25) is 5.02 Å². The van der Waals surface area contributed by atoms with E-state index in [1.54, 1.807) is 36.4 Å². The molecular formula is C20H16ClN3O4. The van der Waals surface area contributed by atoms with Crippen LogP contribution in [0.3, 0.4) is 0 Å². The van der Waals surface area contributed by atoms with E-state index < -0.39 is 29.2 Å². The molecule has 28 heavy (non-hydrogen) atoms. The molecule has 0 aliphatic carbocycles. The number of amides is 2. The number of carbonyl (C=O) groups excluding carboxylic acids is 3. The normalized spacial score (nSPS) is 23.3. The molecule has 1 fully saturated rings. The molecule has 0 bridgehead atoms.